The molecule has 0 bridgehead atoms. The van der Waals surface area contributed by atoms with Gasteiger partial charge in [0.15, 0.2) is 0 Å². The van der Waals surface area contributed by atoms with Gasteiger partial charge in [0.05, 0.1) is 12.5 Å². The second kappa shape index (κ2) is 4.23. The van der Waals surface area contributed by atoms with Crippen LogP contribution in [0.25, 0.3) is 0 Å². The van der Waals surface area contributed by atoms with Gasteiger partial charge >= 0.3 is 5.97 Å². The monoisotopic (exact) mass is 187 g/mol. The molecule has 2 N–H and O–H groups in total. The van der Waals surface area contributed by atoms with Crippen molar-refractivity contribution < 1.29 is 19.4 Å². The molecule has 0 spiro atoms. The number of carbonyl (C=O) groups is 2. The number of hydrogen-bond donors (Lipinski definition) is 2. The van der Waals surface area contributed by atoms with E-state index in [1.807, 2.05) is 0 Å². The highest BCUT2D eigenvalue weighted by Gasteiger charge is 2.25. The molecule has 1 unspecified atom stereocenters. The van der Waals surface area contributed by atoms with Crippen LogP contribution in [0.1, 0.15) is 13.3 Å². The van der Waals surface area contributed by atoms with Crippen molar-refractivity contribution in [1.82, 2.24) is 5.32 Å². The smallest absolute Gasteiger partial charge is 0.325 e. The van der Waals surface area contributed by atoms with Crippen LogP contribution in [-0.2, 0) is 14.3 Å². The molecule has 0 radical (unpaired) electrons. The molecular weight excluding hydrogens is 174 g/mol. The third-order valence-corrected chi connectivity index (χ3v) is 2.03. The maximum Gasteiger partial charge on any atom is 0.325 e. The molecule has 0 aromatic carbocycles. The predicted molar refractivity (Wildman–Crippen MR) is 44.2 cm³/mol. The van der Waals surface area contributed by atoms with Gasteiger partial charge in [0.25, 0.3) is 0 Å². The zero-order valence-corrected chi connectivity index (χ0v) is 7.45. The summed E-state index contributed by atoms with van der Waals surface area (Å²) >= 11 is 0. The number of ether oxygens (including phenoxy) is 1. The van der Waals surface area contributed by atoms with Crippen LogP contribution in [0.15, 0.2) is 0 Å². The van der Waals surface area contributed by atoms with Crippen LogP contribution in [0, 0.1) is 5.92 Å². The Balaban J connectivity index is 2.35. The zero-order chi connectivity index (χ0) is 9.84. The third-order valence-electron chi connectivity index (χ3n) is 2.03. The first-order valence-corrected chi connectivity index (χ1v) is 4.22. The lowest BCUT2D eigenvalue weighted by Gasteiger charge is -2.12. The van der Waals surface area contributed by atoms with Crippen molar-refractivity contribution in [3.63, 3.8) is 0 Å². The molecule has 0 aromatic rings. The molecule has 1 fully saturated rings. The highest BCUT2D eigenvalue weighted by molar-refractivity contribution is 5.84. The average Bonchev–Trinajstić information content (AvgIpc) is 2.55. The highest BCUT2D eigenvalue weighted by atomic mass is 16.5. The second-order valence-electron chi connectivity index (χ2n) is 3.13. The van der Waals surface area contributed by atoms with Crippen LogP contribution in [0.3, 0.4) is 0 Å². The summed E-state index contributed by atoms with van der Waals surface area (Å²) in [5.41, 5.74) is 0. The number of rotatable bonds is 3. The Morgan fingerprint density at radius 1 is 1.62 bits per heavy atom. The van der Waals surface area contributed by atoms with E-state index in [9.17, 15) is 9.59 Å². The molecule has 5 nitrogen and oxygen atoms in total. The van der Waals surface area contributed by atoms with Crippen LogP contribution >= 0.6 is 0 Å². The van der Waals surface area contributed by atoms with Crippen LogP contribution in [-0.4, -0.2) is 36.2 Å². The predicted octanol–water partition coefficient (Wildman–Crippen LogP) is -0.388. The second-order valence-corrected chi connectivity index (χ2v) is 3.13. The van der Waals surface area contributed by atoms with Crippen molar-refractivity contribution in [3.8, 4) is 0 Å². The van der Waals surface area contributed by atoms with Crippen molar-refractivity contribution in [3.05, 3.63) is 0 Å². The Bertz CT molecular complexity index is 210. The van der Waals surface area contributed by atoms with Gasteiger partial charge in [-0.3, -0.25) is 9.59 Å². The molecule has 0 aromatic heterocycles. The fourth-order valence-electron chi connectivity index (χ4n) is 1.13. The standard InChI is InChI=1S/C8H13NO4/c1-5(8(11)12)9-7(10)6-2-3-13-4-6/h5-6H,2-4H2,1H3,(H,9,10)(H,11,12)/t5-,6?/m0/s1. The fraction of sp³-hybridized carbons (Fsp3) is 0.750. The van der Waals surface area contributed by atoms with Gasteiger partial charge in [-0.15, -0.1) is 0 Å². The topological polar surface area (TPSA) is 75.6 Å². The summed E-state index contributed by atoms with van der Waals surface area (Å²) in [6, 6.07) is -0.826. The zero-order valence-electron chi connectivity index (χ0n) is 7.45. The Labute approximate surface area is 76.1 Å². The van der Waals surface area contributed by atoms with Gasteiger partial charge in [0.1, 0.15) is 6.04 Å². The van der Waals surface area contributed by atoms with Crippen LogP contribution in [0.4, 0.5) is 0 Å². The average molecular weight is 187 g/mol. The number of nitrogens with one attached hydrogen (secondary N) is 1. The lowest BCUT2D eigenvalue weighted by molar-refractivity contribution is -0.141. The van der Waals surface area contributed by atoms with Gasteiger partial charge in [-0.25, -0.2) is 0 Å². The van der Waals surface area contributed by atoms with Crippen LogP contribution in [0.5, 0.6) is 0 Å². The Morgan fingerprint density at radius 2 is 2.31 bits per heavy atom. The number of carboxylic acids is 1. The molecule has 1 amide bonds. The SMILES string of the molecule is C[C@H](NC(=O)C1CCOC1)C(=O)O. The minimum Gasteiger partial charge on any atom is -0.480 e. The maximum absolute atomic E-state index is 11.3. The molecule has 13 heavy (non-hydrogen) atoms. The lowest BCUT2D eigenvalue weighted by Crippen LogP contribution is -2.41. The molecule has 0 aliphatic carbocycles. The van der Waals surface area contributed by atoms with E-state index in [1.54, 1.807) is 0 Å². The molecule has 1 aliphatic heterocycles. The highest BCUT2D eigenvalue weighted by Crippen LogP contribution is 2.12. The molecule has 1 saturated heterocycles. The summed E-state index contributed by atoms with van der Waals surface area (Å²) in [5.74, 6) is -1.43. The maximum atomic E-state index is 11.3. The molecule has 0 saturated carbocycles. The van der Waals surface area contributed by atoms with Gasteiger partial charge in [0.2, 0.25) is 5.91 Å². The summed E-state index contributed by atoms with van der Waals surface area (Å²) < 4.78 is 5.01. The molecule has 1 rings (SSSR count). The van der Waals surface area contributed by atoms with E-state index in [1.165, 1.54) is 6.92 Å². The van der Waals surface area contributed by atoms with E-state index in [-0.39, 0.29) is 11.8 Å². The van der Waals surface area contributed by atoms with Crippen molar-refractivity contribution in [2.24, 2.45) is 5.92 Å². The van der Waals surface area contributed by atoms with Crippen molar-refractivity contribution in [1.29, 1.82) is 0 Å². The summed E-state index contributed by atoms with van der Waals surface area (Å²) in [4.78, 5) is 21.7. The molecule has 2 atom stereocenters. The first-order chi connectivity index (χ1) is 6.11. The van der Waals surface area contributed by atoms with Crippen LogP contribution < -0.4 is 5.32 Å². The fourth-order valence-corrected chi connectivity index (χ4v) is 1.13. The lowest BCUT2D eigenvalue weighted by atomic mass is 10.1. The molecule has 74 valence electrons. The minimum absolute atomic E-state index is 0.179. The molecule has 1 aliphatic rings. The molecule has 1 heterocycles. The number of aliphatic carboxylic acids is 1. The van der Waals surface area contributed by atoms with Gasteiger partial charge in [-0.05, 0) is 13.3 Å². The van der Waals surface area contributed by atoms with E-state index in [2.05, 4.69) is 5.32 Å². The minimum atomic E-state index is -1.02. The van der Waals surface area contributed by atoms with E-state index < -0.39 is 12.0 Å². The molecule has 5 heteroatoms. The van der Waals surface area contributed by atoms with Crippen molar-refractivity contribution in [2.75, 3.05) is 13.2 Å². The Kier molecular flexibility index (Phi) is 3.25. The normalized spacial score (nSPS) is 23.9. The first kappa shape index (κ1) is 9.98. The first-order valence-electron chi connectivity index (χ1n) is 4.22. The largest absolute Gasteiger partial charge is 0.480 e. The number of hydrogen-bond acceptors (Lipinski definition) is 3. The summed E-state index contributed by atoms with van der Waals surface area (Å²) in [7, 11) is 0. The van der Waals surface area contributed by atoms with Gasteiger partial charge in [-0.2, -0.15) is 0 Å². The van der Waals surface area contributed by atoms with E-state index in [0.29, 0.717) is 19.6 Å². The molecular formula is C8H13NO4. The van der Waals surface area contributed by atoms with E-state index in [4.69, 9.17) is 9.84 Å². The van der Waals surface area contributed by atoms with E-state index >= 15 is 0 Å². The third kappa shape index (κ3) is 2.69. The van der Waals surface area contributed by atoms with E-state index in [0.717, 1.165) is 0 Å². The van der Waals surface area contributed by atoms with Crippen molar-refractivity contribution in [2.45, 2.75) is 19.4 Å². The number of carboxylic acid groups (broad SMARTS) is 1. The van der Waals surface area contributed by atoms with Gasteiger partial charge in [0, 0.05) is 6.61 Å². The van der Waals surface area contributed by atoms with Crippen LogP contribution in [0.2, 0.25) is 0 Å². The number of amides is 1. The summed E-state index contributed by atoms with van der Waals surface area (Å²) in [6.45, 7) is 2.42. The Hall–Kier alpha value is -1.10. The summed E-state index contributed by atoms with van der Waals surface area (Å²) in [6.07, 6.45) is 0.679. The Morgan fingerprint density at radius 3 is 2.77 bits per heavy atom. The summed E-state index contributed by atoms with van der Waals surface area (Å²) in [5, 5.41) is 10.9. The van der Waals surface area contributed by atoms with Gasteiger partial charge in [-0.1, -0.05) is 0 Å². The number of carbonyl (C=O) groups excluding carboxylic acids is 1. The van der Waals surface area contributed by atoms with Crippen molar-refractivity contribution >= 4 is 11.9 Å². The quantitative estimate of drug-likeness (QED) is 0.631. The van der Waals surface area contributed by atoms with Gasteiger partial charge < -0.3 is 15.2 Å².